The number of likely N-dealkylation sites (N-methyl/N-ethyl adjacent to an activating group) is 1. The lowest BCUT2D eigenvalue weighted by Crippen LogP contribution is -2.31. The highest BCUT2D eigenvalue weighted by atomic mass is 35.5. The summed E-state index contributed by atoms with van der Waals surface area (Å²) in [7, 11) is 1.59. The average molecular weight is 335 g/mol. The monoisotopic (exact) mass is 334 g/mol. The van der Waals surface area contributed by atoms with Crippen molar-refractivity contribution in [1.29, 1.82) is 0 Å². The molecule has 112 valence electrons. The van der Waals surface area contributed by atoms with Gasteiger partial charge < -0.3 is 4.90 Å². The van der Waals surface area contributed by atoms with Crippen LogP contribution in [0.4, 0.5) is 10.5 Å². The van der Waals surface area contributed by atoms with E-state index in [2.05, 4.69) is 0 Å². The van der Waals surface area contributed by atoms with E-state index in [0.29, 0.717) is 21.3 Å². The molecule has 0 saturated carbocycles. The number of hydrogen-bond acceptors (Lipinski definition) is 2. The van der Waals surface area contributed by atoms with Crippen LogP contribution in [0.25, 0.3) is 0 Å². The van der Waals surface area contributed by atoms with Gasteiger partial charge in [-0.25, -0.2) is 9.69 Å². The zero-order valence-corrected chi connectivity index (χ0v) is 13.2. The molecule has 0 spiro atoms. The highest BCUT2D eigenvalue weighted by molar-refractivity contribution is 6.42. The third-order valence-electron chi connectivity index (χ3n) is 3.61. The summed E-state index contributed by atoms with van der Waals surface area (Å²) in [6, 6.07) is 12.7. The van der Waals surface area contributed by atoms with E-state index in [0.717, 1.165) is 0 Å². The van der Waals surface area contributed by atoms with Crippen LogP contribution in [0.15, 0.2) is 48.5 Å². The van der Waals surface area contributed by atoms with Crippen LogP contribution in [0.2, 0.25) is 10.0 Å². The molecule has 4 nitrogen and oxygen atoms in total. The summed E-state index contributed by atoms with van der Waals surface area (Å²) in [6.07, 6.45) is 0. The van der Waals surface area contributed by atoms with Crippen LogP contribution >= 0.6 is 23.2 Å². The Morgan fingerprint density at radius 3 is 2.27 bits per heavy atom. The number of imide groups is 1. The number of benzene rings is 2. The minimum Gasteiger partial charge on any atom is -0.311 e. The second-order valence-corrected chi connectivity index (χ2v) is 5.79. The molecule has 3 rings (SSSR count). The van der Waals surface area contributed by atoms with Crippen LogP contribution < -0.4 is 4.90 Å². The molecule has 22 heavy (non-hydrogen) atoms. The predicted octanol–water partition coefficient (Wildman–Crippen LogP) is 4.13. The molecule has 0 N–H and O–H groups in total. The summed E-state index contributed by atoms with van der Waals surface area (Å²) in [4.78, 5) is 27.7. The fraction of sp³-hybridized carbons (Fsp3) is 0.125. The van der Waals surface area contributed by atoms with Crippen LogP contribution in [0, 0.1) is 0 Å². The molecule has 0 aromatic heterocycles. The maximum absolute atomic E-state index is 12.7. The topological polar surface area (TPSA) is 40.6 Å². The summed E-state index contributed by atoms with van der Waals surface area (Å²) in [5, 5.41) is 0.760. The fourth-order valence-corrected chi connectivity index (χ4v) is 2.82. The van der Waals surface area contributed by atoms with E-state index in [1.54, 1.807) is 49.5 Å². The summed E-state index contributed by atoms with van der Waals surface area (Å²) >= 11 is 11.9. The van der Waals surface area contributed by atoms with E-state index in [9.17, 15) is 9.59 Å². The van der Waals surface area contributed by atoms with Crippen LogP contribution in [0.3, 0.4) is 0 Å². The van der Waals surface area contributed by atoms with Gasteiger partial charge in [-0.1, -0.05) is 47.5 Å². The lowest BCUT2D eigenvalue weighted by molar-refractivity contribution is -0.119. The molecule has 0 bridgehead atoms. The molecule has 1 fully saturated rings. The highest BCUT2D eigenvalue weighted by Gasteiger charge is 2.44. The van der Waals surface area contributed by atoms with Gasteiger partial charge in [-0.05, 0) is 29.8 Å². The lowest BCUT2D eigenvalue weighted by Gasteiger charge is -2.16. The second-order valence-electron chi connectivity index (χ2n) is 4.98. The molecule has 3 amide bonds. The maximum Gasteiger partial charge on any atom is 0.332 e. The summed E-state index contributed by atoms with van der Waals surface area (Å²) < 4.78 is 0. The van der Waals surface area contributed by atoms with Crippen molar-refractivity contribution in [2.75, 3.05) is 11.9 Å². The Balaban J connectivity index is 2.02. The molecule has 1 heterocycles. The molecule has 0 unspecified atom stereocenters. The second kappa shape index (κ2) is 5.63. The number of para-hydroxylation sites is 1. The van der Waals surface area contributed by atoms with Crippen molar-refractivity contribution >= 4 is 40.8 Å². The molecular weight excluding hydrogens is 323 g/mol. The molecule has 0 aliphatic carbocycles. The van der Waals surface area contributed by atoms with Crippen molar-refractivity contribution in [2.24, 2.45) is 0 Å². The first-order chi connectivity index (χ1) is 10.5. The van der Waals surface area contributed by atoms with E-state index in [4.69, 9.17) is 23.2 Å². The minimum absolute atomic E-state index is 0.308. The third kappa shape index (κ3) is 2.34. The van der Waals surface area contributed by atoms with Gasteiger partial charge in [0, 0.05) is 7.05 Å². The SMILES string of the molecule is CN1C(=O)N(c2ccccc2)C(=O)[C@@H]1c1ccc(Cl)c(Cl)c1. The Bertz CT molecular complexity index is 749. The number of halogens is 2. The van der Waals surface area contributed by atoms with Gasteiger partial charge in [-0.3, -0.25) is 4.79 Å². The highest BCUT2D eigenvalue weighted by Crippen LogP contribution is 2.35. The van der Waals surface area contributed by atoms with Crippen molar-refractivity contribution in [3.63, 3.8) is 0 Å². The van der Waals surface area contributed by atoms with Crippen molar-refractivity contribution in [1.82, 2.24) is 4.90 Å². The molecule has 0 radical (unpaired) electrons. The predicted molar refractivity (Wildman–Crippen MR) is 86.3 cm³/mol. The fourth-order valence-electron chi connectivity index (χ4n) is 2.51. The van der Waals surface area contributed by atoms with Gasteiger partial charge in [-0.2, -0.15) is 0 Å². The maximum atomic E-state index is 12.7. The van der Waals surface area contributed by atoms with Crippen molar-refractivity contribution in [2.45, 2.75) is 6.04 Å². The molecule has 6 heteroatoms. The Hall–Kier alpha value is -2.04. The summed E-state index contributed by atoms with van der Waals surface area (Å²) in [5.41, 5.74) is 1.18. The van der Waals surface area contributed by atoms with Gasteiger partial charge in [0.15, 0.2) is 0 Å². The largest absolute Gasteiger partial charge is 0.332 e. The van der Waals surface area contributed by atoms with Crippen LogP contribution in [-0.4, -0.2) is 23.9 Å². The zero-order valence-electron chi connectivity index (χ0n) is 11.7. The first-order valence-corrected chi connectivity index (χ1v) is 7.37. The van der Waals surface area contributed by atoms with E-state index >= 15 is 0 Å². The smallest absolute Gasteiger partial charge is 0.311 e. The minimum atomic E-state index is -0.706. The number of urea groups is 1. The van der Waals surface area contributed by atoms with E-state index in [1.165, 1.54) is 9.80 Å². The molecule has 1 saturated heterocycles. The van der Waals surface area contributed by atoms with Crippen LogP contribution in [0.1, 0.15) is 11.6 Å². The third-order valence-corrected chi connectivity index (χ3v) is 4.35. The van der Waals surface area contributed by atoms with Crippen molar-refractivity contribution in [3.05, 3.63) is 64.1 Å². The van der Waals surface area contributed by atoms with Crippen LogP contribution in [-0.2, 0) is 4.79 Å². The standard InChI is InChI=1S/C16H12Cl2N2O2/c1-19-14(10-7-8-12(17)13(18)9-10)15(21)20(16(19)22)11-5-3-2-4-6-11/h2-9,14H,1H3/t14-/m0/s1. The summed E-state index contributed by atoms with van der Waals surface area (Å²) in [6.45, 7) is 0. The van der Waals surface area contributed by atoms with Gasteiger partial charge in [0.2, 0.25) is 0 Å². The van der Waals surface area contributed by atoms with Gasteiger partial charge in [0.1, 0.15) is 6.04 Å². The van der Waals surface area contributed by atoms with Gasteiger partial charge in [0.05, 0.1) is 15.7 Å². The van der Waals surface area contributed by atoms with Crippen molar-refractivity contribution in [3.8, 4) is 0 Å². The number of carbonyl (C=O) groups is 2. The number of anilines is 1. The normalized spacial score (nSPS) is 18.2. The van der Waals surface area contributed by atoms with Crippen molar-refractivity contribution < 1.29 is 9.59 Å². The first-order valence-electron chi connectivity index (χ1n) is 6.61. The van der Waals surface area contributed by atoms with E-state index in [-0.39, 0.29) is 11.9 Å². The number of carbonyl (C=O) groups excluding carboxylic acids is 2. The molecule has 1 atom stereocenters. The number of amides is 3. The quantitative estimate of drug-likeness (QED) is 0.774. The molecule has 2 aromatic rings. The first kappa shape index (κ1) is 14.9. The van der Waals surface area contributed by atoms with E-state index in [1.807, 2.05) is 6.07 Å². The van der Waals surface area contributed by atoms with Gasteiger partial charge in [-0.15, -0.1) is 0 Å². The molecular formula is C16H12Cl2N2O2. The Kier molecular flexibility index (Phi) is 3.81. The Morgan fingerprint density at radius 2 is 1.64 bits per heavy atom. The van der Waals surface area contributed by atoms with Crippen LogP contribution in [0.5, 0.6) is 0 Å². The lowest BCUT2D eigenvalue weighted by atomic mass is 10.1. The van der Waals surface area contributed by atoms with E-state index < -0.39 is 6.04 Å². The number of hydrogen-bond donors (Lipinski definition) is 0. The number of rotatable bonds is 2. The molecule has 1 aliphatic rings. The van der Waals surface area contributed by atoms with Gasteiger partial charge >= 0.3 is 6.03 Å². The average Bonchev–Trinajstić information content (AvgIpc) is 2.73. The summed E-state index contributed by atoms with van der Waals surface area (Å²) in [5.74, 6) is -0.308. The van der Waals surface area contributed by atoms with Gasteiger partial charge in [0.25, 0.3) is 5.91 Å². The molecule has 1 aliphatic heterocycles. The zero-order chi connectivity index (χ0) is 15.9. The number of nitrogens with zero attached hydrogens (tertiary/aromatic N) is 2. The Morgan fingerprint density at radius 1 is 0.955 bits per heavy atom. The Labute approximate surface area is 137 Å². The molecule has 2 aromatic carbocycles.